The van der Waals surface area contributed by atoms with Gasteiger partial charge in [-0.25, -0.2) is 0 Å². The molecule has 0 heterocycles. The van der Waals surface area contributed by atoms with E-state index < -0.39 is 12.6 Å². The van der Waals surface area contributed by atoms with Crippen LogP contribution < -0.4 is 0 Å². The Morgan fingerprint density at radius 3 is 2.14 bits per heavy atom. The molecule has 0 aliphatic rings. The molecular weight excluding hydrogens is 106 g/mol. The Kier molecular flexibility index (Phi) is 2.26. The average molecular weight is 109 g/mol. The minimum Gasteiger partial charge on any atom is -0.403 e. The molecule has 0 aromatic heterocycles. The lowest BCUT2D eigenvalue weighted by molar-refractivity contribution is -0.170. The second-order valence-electron chi connectivity index (χ2n) is 0.751. The van der Waals surface area contributed by atoms with E-state index in [9.17, 15) is 13.6 Å². The van der Waals surface area contributed by atoms with Gasteiger partial charge in [-0.15, -0.1) is 0 Å². The highest BCUT2D eigenvalue weighted by Gasteiger charge is 2.02. The monoisotopic (exact) mass is 109 g/mol. The first-order valence-corrected chi connectivity index (χ1v) is 1.43. The first-order valence-electron chi connectivity index (χ1n) is 1.43. The number of carbonyl (C=O) groups is 1. The zero-order chi connectivity index (χ0) is 5.86. The molecule has 0 aliphatic heterocycles. The first kappa shape index (κ1) is 6.33. The van der Waals surface area contributed by atoms with Gasteiger partial charge in [0, 0.05) is 0 Å². The van der Waals surface area contributed by atoms with Gasteiger partial charge in [0.1, 0.15) is 0 Å². The molecule has 0 amide bonds. The average Bonchev–Trinajstić information content (AvgIpc) is 1.27. The summed E-state index contributed by atoms with van der Waals surface area (Å²) < 4.78 is 24.8. The molecule has 7 heavy (non-hydrogen) atoms. The Hall–Kier alpha value is -0.670. The number of alkyl halides is 2. The molecule has 0 bridgehead atoms. The third-order valence-electron chi connectivity index (χ3n) is 0.221. The minimum atomic E-state index is -3.04. The smallest absolute Gasteiger partial charge is 0.389 e. The molecule has 0 saturated carbocycles. The van der Waals surface area contributed by atoms with E-state index in [1.165, 1.54) is 0 Å². The van der Waals surface area contributed by atoms with Gasteiger partial charge in [0.2, 0.25) is 0 Å². The number of rotatable bonds is 1. The molecule has 0 rings (SSSR count). The standard InChI is InChI=1S/C3H3F2O2/c1-2(6)7-3(4)5/h3H,1H2. The fourth-order valence-electron chi connectivity index (χ4n) is 0.0994. The third kappa shape index (κ3) is 5.33. The van der Waals surface area contributed by atoms with Gasteiger partial charge in [0.05, 0.1) is 6.92 Å². The van der Waals surface area contributed by atoms with Crippen LogP contribution in [0.4, 0.5) is 8.78 Å². The maximum atomic E-state index is 10.8. The third-order valence-corrected chi connectivity index (χ3v) is 0.221. The summed E-state index contributed by atoms with van der Waals surface area (Å²) in [6.07, 6.45) is 0. The molecule has 0 N–H and O–H groups in total. The van der Waals surface area contributed by atoms with Crippen LogP contribution in [0.25, 0.3) is 0 Å². The maximum Gasteiger partial charge on any atom is 0.389 e. The minimum absolute atomic E-state index is 1.21. The van der Waals surface area contributed by atoms with Crippen molar-refractivity contribution < 1.29 is 18.3 Å². The fourth-order valence-corrected chi connectivity index (χ4v) is 0.0994. The van der Waals surface area contributed by atoms with Gasteiger partial charge in [-0.2, -0.15) is 8.78 Å². The van der Waals surface area contributed by atoms with Crippen LogP contribution >= 0.6 is 0 Å². The molecule has 0 aromatic rings. The number of halogens is 2. The van der Waals surface area contributed by atoms with Crippen LogP contribution in [0.5, 0.6) is 0 Å². The van der Waals surface area contributed by atoms with Crippen LogP contribution in [0.2, 0.25) is 0 Å². The van der Waals surface area contributed by atoms with Crippen molar-refractivity contribution in [3.63, 3.8) is 0 Å². The Morgan fingerprint density at radius 1 is 1.71 bits per heavy atom. The Labute approximate surface area is 39.1 Å². The van der Waals surface area contributed by atoms with Crippen molar-refractivity contribution in [1.82, 2.24) is 0 Å². The molecular formula is C3H3F2O2. The molecule has 4 heteroatoms. The predicted molar refractivity (Wildman–Crippen MR) is 17.5 cm³/mol. The summed E-state index contributed by atoms with van der Waals surface area (Å²) in [5, 5.41) is 0. The highest BCUT2D eigenvalue weighted by molar-refractivity contribution is 5.73. The topological polar surface area (TPSA) is 26.3 Å². The van der Waals surface area contributed by atoms with Crippen LogP contribution in [-0.2, 0) is 9.53 Å². The Morgan fingerprint density at radius 2 is 2.14 bits per heavy atom. The molecule has 0 unspecified atom stereocenters. The number of ether oxygens (including phenoxy) is 1. The Balaban J connectivity index is 3.13. The fraction of sp³-hybridized carbons (Fsp3) is 0.333. The van der Waals surface area contributed by atoms with Crippen LogP contribution in [0.15, 0.2) is 0 Å². The van der Waals surface area contributed by atoms with Crippen molar-refractivity contribution in [1.29, 1.82) is 0 Å². The summed E-state index contributed by atoms with van der Waals surface area (Å²) in [6.45, 7) is -0.500. The van der Waals surface area contributed by atoms with Crippen LogP contribution in [0.3, 0.4) is 0 Å². The van der Waals surface area contributed by atoms with E-state index in [2.05, 4.69) is 11.7 Å². The Bertz CT molecular complexity index is 71.3. The van der Waals surface area contributed by atoms with Crippen molar-refractivity contribution in [2.24, 2.45) is 0 Å². The van der Waals surface area contributed by atoms with Crippen LogP contribution in [0, 0.1) is 6.92 Å². The van der Waals surface area contributed by atoms with Gasteiger partial charge in [-0.05, 0) is 0 Å². The van der Waals surface area contributed by atoms with Gasteiger partial charge >= 0.3 is 12.6 Å². The molecule has 0 saturated heterocycles. The van der Waals surface area contributed by atoms with Crippen LogP contribution in [-0.4, -0.2) is 12.6 Å². The zero-order valence-corrected chi connectivity index (χ0v) is 3.36. The van der Waals surface area contributed by atoms with Crippen molar-refractivity contribution in [2.45, 2.75) is 6.61 Å². The van der Waals surface area contributed by atoms with Crippen molar-refractivity contribution in [3.05, 3.63) is 6.92 Å². The van der Waals surface area contributed by atoms with E-state index in [1.807, 2.05) is 0 Å². The molecule has 41 valence electrons. The quantitative estimate of drug-likeness (QED) is 0.460. The largest absolute Gasteiger partial charge is 0.403 e. The summed E-state index contributed by atoms with van der Waals surface area (Å²) in [4.78, 5) is 9.44. The normalized spacial score (nSPS) is 9.14. The van der Waals surface area contributed by atoms with E-state index in [0.29, 0.717) is 0 Å². The van der Waals surface area contributed by atoms with Gasteiger partial charge in [-0.1, -0.05) is 0 Å². The molecule has 1 radical (unpaired) electrons. The second-order valence-corrected chi connectivity index (χ2v) is 0.751. The lowest BCUT2D eigenvalue weighted by atomic mass is 10.8. The van der Waals surface area contributed by atoms with Gasteiger partial charge in [0.25, 0.3) is 0 Å². The lowest BCUT2D eigenvalue weighted by Gasteiger charge is -1.93. The molecule has 0 aromatic carbocycles. The number of hydrogen-bond donors (Lipinski definition) is 0. The predicted octanol–water partition coefficient (Wildman–Crippen LogP) is 0.586. The summed E-state index contributed by atoms with van der Waals surface area (Å²) >= 11 is 0. The van der Waals surface area contributed by atoms with E-state index in [-0.39, 0.29) is 0 Å². The molecule has 0 fully saturated rings. The maximum absolute atomic E-state index is 10.8. The van der Waals surface area contributed by atoms with E-state index in [4.69, 9.17) is 0 Å². The SMILES string of the molecule is [CH2]C(=O)OC(F)F. The summed E-state index contributed by atoms with van der Waals surface area (Å²) in [6, 6.07) is 0. The van der Waals surface area contributed by atoms with E-state index in [1.54, 1.807) is 0 Å². The summed E-state index contributed by atoms with van der Waals surface area (Å²) in [5.74, 6) is -1.21. The zero-order valence-electron chi connectivity index (χ0n) is 3.36. The van der Waals surface area contributed by atoms with Gasteiger partial charge in [-0.3, -0.25) is 4.79 Å². The highest BCUT2D eigenvalue weighted by atomic mass is 19.3. The second kappa shape index (κ2) is 2.49. The van der Waals surface area contributed by atoms with Crippen molar-refractivity contribution in [2.75, 3.05) is 0 Å². The van der Waals surface area contributed by atoms with Crippen molar-refractivity contribution >= 4 is 5.97 Å². The number of hydrogen-bond acceptors (Lipinski definition) is 2. The van der Waals surface area contributed by atoms with Crippen LogP contribution in [0.1, 0.15) is 0 Å². The highest BCUT2D eigenvalue weighted by Crippen LogP contribution is 1.92. The molecule has 0 atom stereocenters. The summed E-state index contributed by atoms with van der Waals surface area (Å²) in [5.41, 5.74) is 0. The summed E-state index contributed by atoms with van der Waals surface area (Å²) in [7, 11) is 0. The lowest BCUT2D eigenvalue weighted by Crippen LogP contribution is -2.03. The molecule has 0 aliphatic carbocycles. The van der Waals surface area contributed by atoms with Crippen molar-refractivity contribution in [3.8, 4) is 0 Å². The molecule has 2 nitrogen and oxygen atoms in total. The first-order chi connectivity index (χ1) is 3.13. The number of esters is 1. The van der Waals surface area contributed by atoms with E-state index >= 15 is 0 Å². The number of carbonyl (C=O) groups excluding carboxylic acids is 1. The van der Waals surface area contributed by atoms with Gasteiger partial charge in [0.15, 0.2) is 0 Å². The molecule has 0 spiro atoms. The van der Waals surface area contributed by atoms with Gasteiger partial charge < -0.3 is 4.74 Å². The van der Waals surface area contributed by atoms with E-state index in [0.717, 1.165) is 0 Å².